The molecule has 10 heavy (non-hydrogen) atoms. The third-order valence-corrected chi connectivity index (χ3v) is 1.04. The van der Waals surface area contributed by atoms with Crippen LogP contribution in [-0.2, 0) is 4.79 Å². The summed E-state index contributed by atoms with van der Waals surface area (Å²) in [5.41, 5.74) is -0.711. The maximum absolute atomic E-state index is 9.98. The van der Waals surface area contributed by atoms with Crippen molar-refractivity contribution in [1.82, 2.24) is 4.90 Å². The third kappa shape index (κ3) is 5.72. The van der Waals surface area contributed by atoms with Crippen LogP contribution < -0.4 is 0 Å². The standard InChI is InChI=1S/C7H15NO2/c1-7(2,10)6-8(3)4-5-9/h5,10H,4,6H2,1-3H3. The lowest BCUT2D eigenvalue weighted by Crippen LogP contribution is -2.36. The smallest absolute Gasteiger partial charge is 0.133 e. The van der Waals surface area contributed by atoms with Crippen molar-refractivity contribution in [2.24, 2.45) is 0 Å². The Morgan fingerprint density at radius 1 is 1.60 bits per heavy atom. The molecule has 0 aromatic heterocycles. The number of nitrogens with zero attached hydrogens (tertiary/aromatic N) is 1. The van der Waals surface area contributed by atoms with Gasteiger partial charge in [-0.15, -0.1) is 0 Å². The number of aliphatic hydroxyl groups is 1. The van der Waals surface area contributed by atoms with E-state index in [0.29, 0.717) is 13.1 Å². The van der Waals surface area contributed by atoms with E-state index in [1.165, 1.54) is 0 Å². The van der Waals surface area contributed by atoms with Gasteiger partial charge >= 0.3 is 0 Å². The summed E-state index contributed by atoms with van der Waals surface area (Å²) < 4.78 is 0. The second kappa shape index (κ2) is 3.68. The van der Waals surface area contributed by atoms with Gasteiger partial charge in [-0.2, -0.15) is 0 Å². The van der Waals surface area contributed by atoms with Crippen LogP contribution in [0.4, 0.5) is 0 Å². The summed E-state index contributed by atoms with van der Waals surface area (Å²) in [6, 6.07) is 0. The summed E-state index contributed by atoms with van der Waals surface area (Å²) in [5.74, 6) is 0. The molecule has 60 valence electrons. The molecule has 0 rings (SSSR count). The molecule has 0 amide bonds. The van der Waals surface area contributed by atoms with Crippen molar-refractivity contribution in [3.8, 4) is 0 Å². The highest BCUT2D eigenvalue weighted by Gasteiger charge is 2.14. The minimum atomic E-state index is -0.711. The highest BCUT2D eigenvalue weighted by molar-refractivity contribution is 5.51. The van der Waals surface area contributed by atoms with E-state index in [1.807, 2.05) is 0 Å². The fourth-order valence-electron chi connectivity index (χ4n) is 0.852. The summed E-state index contributed by atoms with van der Waals surface area (Å²) >= 11 is 0. The highest BCUT2D eigenvalue weighted by Crippen LogP contribution is 2.01. The zero-order chi connectivity index (χ0) is 8.20. The van der Waals surface area contributed by atoms with Crippen LogP contribution >= 0.6 is 0 Å². The zero-order valence-electron chi connectivity index (χ0n) is 6.79. The number of rotatable bonds is 4. The molecular weight excluding hydrogens is 130 g/mol. The fraction of sp³-hybridized carbons (Fsp3) is 0.857. The number of hydrogen-bond acceptors (Lipinski definition) is 3. The van der Waals surface area contributed by atoms with E-state index in [1.54, 1.807) is 25.8 Å². The summed E-state index contributed by atoms with van der Waals surface area (Å²) in [6.45, 7) is 4.33. The van der Waals surface area contributed by atoms with Crippen LogP contribution in [0.2, 0.25) is 0 Å². The van der Waals surface area contributed by atoms with Gasteiger partial charge in [0.25, 0.3) is 0 Å². The van der Waals surface area contributed by atoms with Crippen molar-refractivity contribution in [2.75, 3.05) is 20.1 Å². The largest absolute Gasteiger partial charge is 0.389 e. The predicted molar refractivity (Wildman–Crippen MR) is 39.9 cm³/mol. The van der Waals surface area contributed by atoms with E-state index in [-0.39, 0.29) is 0 Å². The average molecular weight is 145 g/mol. The van der Waals surface area contributed by atoms with Gasteiger partial charge in [-0.05, 0) is 20.9 Å². The quantitative estimate of drug-likeness (QED) is 0.561. The highest BCUT2D eigenvalue weighted by atomic mass is 16.3. The van der Waals surface area contributed by atoms with E-state index >= 15 is 0 Å². The Morgan fingerprint density at radius 2 is 2.10 bits per heavy atom. The fourth-order valence-corrected chi connectivity index (χ4v) is 0.852. The molecule has 0 aromatic carbocycles. The third-order valence-electron chi connectivity index (χ3n) is 1.04. The van der Waals surface area contributed by atoms with E-state index in [4.69, 9.17) is 0 Å². The van der Waals surface area contributed by atoms with Gasteiger partial charge in [-0.1, -0.05) is 0 Å². The first-order valence-electron chi connectivity index (χ1n) is 3.30. The molecule has 0 unspecified atom stereocenters. The predicted octanol–water partition coefficient (Wildman–Crippen LogP) is -0.112. The zero-order valence-corrected chi connectivity index (χ0v) is 6.79. The first kappa shape index (κ1) is 9.59. The lowest BCUT2D eigenvalue weighted by Gasteiger charge is -2.23. The Labute approximate surface area is 61.6 Å². The molecule has 0 heterocycles. The molecule has 0 saturated heterocycles. The lowest BCUT2D eigenvalue weighted by atomic mass is 10.1. The van der Waals surface area contributed by atoms with Gasteiger partial charge in [0.1, 0.15) is 6.29 Å². The van der Waals surface area contributed by atoms with Crippen LogP contribution in [0.3, 0.4) is 0 Å². The van der Waals surface area contributed by atoms with Crippen LogP contribution in [0.25, 0.3) is 0 Å². The maximum Gasteiger partial charge on any atom is 0.133 e. The molecule has 3 heteroatoms. The molecule has 0 spiro atoms. The minimum Gasteiger partial charge on any atom is -0.389 e. The molecule has 0 saturated carbocycles. The van der Waals surface area contributed by atoms with Crippen molar-refractivity contribution in [2.45, 2.75) is 19.4 Å². The number of carbonyl (C=O) groups excluding carboxylic acids is 1. The Balaban J connectivity index is 3.56. The van der Waals surface area contributed by atoms with Crippen molar-refractivity contribution >= 4 is 6.29 Å². The molecule has 0 aliphatic rings. The summed E-state index contributed by atoms with van der Waals surface area (Å²) in [7, 11) is 1.80. The van der Waals surface area contributed by atoms with Gasteiger partial charge in [0.15, 0.2) is 0 Å². The Bertz CT molecular complexity index is 107. The minimum absolute atomic E-state index is 0.379. The van der Waals surface area contributed by atoms with Gasteiger partial charge in [0.05, 0.1) is 12.1 Å². The van der Waals surface area contributed by atoms with E-state index in [0.717, 1.165) is 6.29 Å². The van der Waals surface area contributed by atoms with Crippen molar-refractivity contribution in [1.29, 1.82) is 0 Å². The number of likely N-dealkylation sites (N-methyl/N-ethyl adjacent to an activating group) is 1. The van der Waals surface area contributed by atoms with Crippen LogP contribution in [0.15, 0.2) is 0 Å². The van der Waals surface area contributed by atoms with Crippen molar-refractivity contribution in [3.63, 3.8) is 0 Å². The maximum atomic E-state index is 9.98. The molecule has 0 atom stereocenters. The molecule has 0 radical (unpaired) electrons. The number of carbonyl (C=O) groups is 1. The molecule has 3 nitrogen and oxygen atoms in total. The van der Waals surface area contributed by atoms with Crippen molar-refractivity contribution < 1.29 is 9.90 Å². The lowest BCUT2D eigenvalue weighted by molar-refractivity contribution is -0.109. The second-order valence-corrected chi connectivity index (χ2v) is 3.18. The Morgan fingerprint density at radius 3 is 2.40 bits per heavy atom. The number of aldehydes is 1. The first-order chi connectivity index (χ1) is 4.45. The summed E-state index contributed by atoms with van der Waals surface area (Å²) in [6.07, 6.45) is 0.825. The first-order valence-corrected chi connectivity index (χ1v) is 3.30. The molecule has 0 fully saturated rings. The topological polar surface area (TPSA) is 40.5 Å². The van der Waals surface area contributed by atoms with Gasteiger partial charge in [-0.25, -0.2) is 0 Å². The van der Waals surface area contributed by atoms with E-state index < -0.39 is 5.60 Å². The van der Waals surface area contributed by atoms with Crippen LogP contribution in [0, 0.1) is 0 Å². The summed E-state index contributed by atoms with van der Waals surface area (Å²) in [4.78, 5) is 11.7. The SMILES string of the molecule is CN(CC=O)CC(C)(C)O. The molecule has 0 aliphatic carbocycles. The van der Waals surface area contributed by atoms with Gasteiger partial charge < -0.3 is 9.90 Å². The van der Waals surface area contributed by atoms with Crippen LogP contribution in [-0.4, -0.2) is 42.0 Å². The molecule has 0 aliphatic heterocycles. The van der Waals surface area contributed by atoms with Crippen LogP contribution in [0.5, 0.6) is 0 Å². The monoisotopic (exact) mass is 145 g/mol. The molecule has 1 N–H and O–H groups in total. The molecule has 0 aromatic rings. The van der Waals surface area contributed by atoms with E-state index in [2.05, 4.69) is 0 Å². The Hall–Kier alpha value is -0.410. The molecular formula is C7H15NO2. The Kier molecular flexibility index (Phi) is 3.53. The summed E-state index contributed by atoms with van der Waals surface area (Å²) in [5, 5.41) is 9.26. The van der Waals surface area contributed by atoms with Crippen LogP contribution in [0.1, 0.15) is 13.8 Å². The van der Waals surface area contributed by atoms with Gasteiger partial charge in [0, 0.05) is 6.54 Å². The van der Waals surface area contributed by atoms with Crippen molar-refractivity contribution in [3.05, 3.63) is 0 Å². The second-order valence-electron chi connectivity index (χ2n) is 3.18. The van der Waals surface area contributed by atoms with Gasteiger partial charge in [-0.3, -0.25) is 4.90 Å². The van der Waals surface area contributed by atoms with Gasteiger partial charge in [0.2, 0.25) is 0 Å². The van der Waals surface area contributed by atoms with E-state index in [9.17, 15) is 9.90 Å². The average Bonchev–Trinajstić information content (AvgIpc) is 1.59. The number of hydrogen-bond donors (Lipinski definition) is 1. The normalized spacial score (nSPS) is 12.1. The molecule has 0 bridgehead atoms.